The number of hydrogen-bond donors (Lipinski definition) is 1. The van der Waals surface area contributed by atoms with Gasteiger partial charge in [-0.1, -0.05) is 65.8 Å². The second-order valence-electron chi connectivity index (χ2n) is 5.96. The molecule has 146 valence electrons. The van der Waals surface area contributed by atoms with Gasteiger partial charge >= 0.3 is 5.97 Å². The van der Waals surface area contributed by atoms with Gasteiger partial charge in [0.05, 0.1) is 5.69 Å². The Morgan fingerprint density at radius 2 is 1.72 bits per heavy atom. The number of carbonyl (C=O) groups excluding carboxylic acids is 2. The van der Waals surface area contributed by atoms with Gasteiger partial charge in [-0.2, -0.15) is 0 Å². The summed E-state index contributed by atoms with van der Waals surface area (Å²) in [5.41, 5.74) is 1.43. The first-order valence-electron chi connectivity index (χ1n) is 8.82. The number of anilines is 1. The van der Waals surface area contributed by atoms with E-state index in [1.165, 1.54) is 6.08 Å². The first-order chi connectivity index (χ1) is 14.1. The fourth-order valence-corrected chi connectivity index (χ4v) is 3.54. The quantitative estimate of drug-likeness (QED) is 0.392. The Labute approximate surface area is 178 Å². The normalized spacial score (nSPS) is 10.7. The molecule has 3 aromatic rings. The molecular formula is C23H18ClNO3S. The molecule has 3 aromatic carbocycles. The summed E-state index contributed by atoms with van der Waals surface area (Å²) in [7, 11) is 0. The van der Waals surface area contributed by atoms with E-state index in [9.17, 15) is 9.59 Å². The number of ether oxygens (including phenoxy) is 1. The van der Waals surface area contributed by atoms with Gasteiger partial charge in [-0.25, -0.2) is 4.79 Å². The molecule has 0 atom stereocenters. The fraction of sp³-hybridized carbons (Fsp3) is 0.0435. The Hall–Kier alpha value is -3.02. The smallest absolute Gasteiger partial charge is 0.331 e. The Bertz CT molecular complexity index is 1020. The third-order valence-electron chi connectivity index (χ3n) is 3.74. The molecule has 0 aliphatic carbocycles. The molecule has 0 bridgehead atoms. The molecule has 0 heterocycles. The lowest BCUT2D eigenvalue weighted by Gasteiger charge is -2.10. The number of para-hydroxylation sites is 1. The van der Waals surface area contributed by atoms with Gasteiger partial charge in [-0.3, -0.25) is 4.79 Å². The van der Waals surface area contributed by atoms with Gasteiger partial charge < -0.3 is 10.1 Å². The average Bonchev–Trinajstić information content (AvgIpc) is 2.73. The SMILES string of the molecule is O=C(COC(=O)C=Cc1cccc(Cl)c1)Nc1ccccc1Sc1ccccc1. The first kappa shape index (κ1) is 20.7. The zero-order valence-electron chi connectivity index (χ0n) is 15.4. The lowest BCUT2D eigenvalue weighted by Crippen LogP contribution is -2.20. The van der Waals surface area contributed by atoms with Crippen molar-refractivity contribution in [1.29, 1.82) is 0 Å². The van der Waals surface area contributed by atoms with E-state index in [0.717, 1.165) is 15.4 Å². The van der Waals surface area contributed by atoms with Crippen molar-refractivity contribution in [1.82, 2.24) is 0 Å². The highest BCUT2D eigenvalue weighted by atomic mass is 35.5. The first-order valence-corrected chi connectivity index (χ1v) is 10.0. The van der Waals surface area contributed by atoms with E-state index >= 15 is 0 Å². The van der Waals surface area contributed by atoms with Crippen LogP contribution >= 0.6 is 23.4 Å². The second kappa shape index (κ2) is 10.5. The van der Waals surface area contributed by atoms with Crippen molar-refractivity contribution in [2.24, 2.45) is 0 Å². The van der Waals surface area contributed by atoms with E-state index in [1.807, 2.05) is 60.7 Å². The molecule has 6 heteroatoms. The van der Waals surface area contributed by atoms with E-state index in [4.69, 9.17) is 16.3 Å². The predicted molar refractivity (Wildman–Crippen MR) is 117 cm³/mol. The Morgan fingerprint density at radius 3 is 2.52 bits per heavy atom. The maximum absolute atomic E-state index is 12.2. The van der Waals surface area contributed by atoms with Gasteiger partial charge in [0.25, 0.3) is 5.91 Å². The molecule has 0 radical (unpaired) electrons. The number of carbonyl (C=O) groups is 2. The molecule has 0 spiro atoms. The number of nitrogens with one attached hydrogen (secondary N) is 1. The van der Waals surface area contributed by atoms with E-state index in [0.29, 0.717) is 10.7 Å². The average molecular weight is 424 g/mol. The van der Waals surface area contributed by atoms with Crippen molar-refractivity contribution >= 4 is 47.0 Å². The highest BCUT2D eigenvalue weighted by Gasteiger charge is 2.09. The van der Waals surface area contributed by atoms with Gasteiger partial charge in [0, 0.05) is 20.9 Å². The lowest BCUT2D eigenvalue weighted by atomic mass is 10.2. The van der Waals surface area contributed by atoms with Crippen LogP contribution in [0.3, 0.4) is 0 Å². The highest BCUT2D eigenvalue weighted by Crippen LogP contribution is 2.33. The van der Waals surface area contributed by atoms with E-state index < -0.39 is 11.9 Å². The lowest BCUT2D eigenvalue weighted by molar-refractivity contribution is -0.142. The van der Waals surface area contributed by atoms with Crippen LogP contribution in [-0.4, -0.2) is 18.5 Å². The molecule has 0 saturated heterocycles. The van der Waals surface area contributed by atoms with Crippen molar-refractivity contribution in [3.63, 3.8) is 0 Å². The Balaban J connectivity index is 1.54. The van der Waals surface area contributed by atoms with Crippen LogP contribution in [-0.2, 0) is 14.3 Å². The fourth-order valence-electron chi connectivity index (χ4n) is 2.42. The molecule has 0 aromatic heterocycles. The van der Waals surface area contributed by atoms with Crippen LogP contribution in [0.4, 0.5) is 5.69 Å². The zero-order chi connectivity index (χ0) is 20.5. The molecular weight excluding hydrogens is 406 g/mol. The summed E-state index contributed by atoms with van der Waals surface area (Å²) in [5.74, 6) is -1.01. The minimum absolute atomic E-state index is 0.372. The summed E-state index contributed by atoms with van der Waals surface area (Å²) in [6.45, 7) is -0.372. The third-order valence-corrected chi connectivity index (χ3v) is 5.06. The van der Waals surface area contributed by atoms with Gasteiger partial charge in [0.2, 0.25) is 0 Å². The van der Waals surface area contributed by atoms with Crippen molar-refractivity contribution in [2.75, 3.05) is 11.9 Å². The van der Waals surface area contributed by atoms with Crippen molar-refractivity contribution in [2.45, 2.75) is 9.79 Å². The maximum atomic E-state index is 12.2. The number of benzene rings is 3. The molecule has 0 aliphatic heterocycles. The molecule has 0 unspecified atom stereocenters. The number of amides is 1. The molecule has 3 rings (SSSR count). The minimum Gasteiger partial charge on any atom is -0.452 e. The number of hydrogen-bond acceptors (Lipinski definition) is 4. The largest absolute Gasteiger partial charge is 0.452 e. The predicted octanol–water partition coefficient (Wildman–Crippen LogP) is 5.69. The van der Waals surface area contributed by atoms with Crippen molar-refractivity contribution < 1.29 is 14.3 Å². The van der Waals surface area contributed by atoms with Gasteiger partial charge in [0.15, 0.2) is 6.61 Å². The summed E-state index contributed by atoms with van der Waals surface area (Å²) in [4.78, 5) is 26.0. The summed E-state index contributed by atoms with van der Waals surface area (Å²) >= 11 is 7.44. The molecule has 0 aliphatic rings. The monoisotopic (exact) mass is 423 g/mol. The number of esters is 1. The van der Waals surface area contributed by atoms with Crippen LogP contribution in [0.25, 0.3) is 6.08 Å². The highest BCUT2D eigenvalue weighted by molar-refractivity contribution is 7.99. The number of halogens is 1. The third kappa shape index (κ3) is 6.82. The minimum atomic E-state index is -0.605. The molecule has 0 fully saturated rings. The van der Waals surface area contributed by atoms with E-state index in [2.05, 4.69) is 5.32 Å². The molecule has 1 amide bonds. The molecule has 0 saturated carbocycles. The van der Waals surface area contributed by atoms with E-state index in [1.54, 1.807) is 36.0 Å². The Morgan fingerprint density at radius 1 is 0.966 bits per heavy atom. The van der Waals surface area contributed by atoms with Crippen LogP contribution in [0.1, 0.15) is 5.56 Å². The van der Waals surface area contributed by atoms with Crippen LogP contribution < -0.4 is 5.32 Å². The van der Waals surface area contributed by atoms with Crippen molar-refractivity contribution in [3.05, 3.63) is 95.5 Å². The van der Waals surface area contributed by atoms with Gasteiger partial charge in [0.1, 0.15) is 0 Å². The van der Waals surface area contributed by atoms with Gasteiger partial charge in [-0.15, -0.1) is 0 Å². The molecule has 29 heavy (non-hydrogen) atoms. The van der Waals surface area contributed by atoms with Crippen LogP contribution in [0.2, 0.25) is 5.02 Å². The van der Waals surface area contributed by atoms with Crippen LogP contribution in [0, 0.1) is 0 Å². The summed E-state index contributed by atoms with van der Waals surface area (Å²) < 4.78 is 5.01. The zero-order valence-corrected chi connectivity index (χ0v) is 17.0. The standard InChI is InChI=1S/C23H18ClNO3S/c24-18-8-6-7-17(15-18)13-14-23(27)28-16-22(26)25-20-11-4-5-12-21(20)29-19-9-2-1-3-10-19/h1-15H,16H2,(H,25,26). The summed E-state index contributed by atoms with van der Waals surface area (Å²) in [5, 5.41) is 3.36. The van der Waals surface area contributed by atoms with Gasteiger partial charge in [-0.05, 0) is 48.0 Å². The Kier molecular flexibility index (Phi) is 7.50. The molecule has 4 nitrogen and oxygen atoms in total. The van der Waals surface area contributed by atoms with E-state index in [-0.39, 0.29) is 6.61 Å². The molecule has 1 N–H and O–H groups in total. The van der Waals surface area contributed by atoms with Crippen LogP contribution in [0.5, 0.6) is 0 Å². The number of rotatable bonds is 7. The van der Waals surface area contributed by atoms with Crippen molar-refractivity contribution in [3.8, 4) is 0 Å². The maximum Gasteiger partial charge on any atom is 0.331 e. The second-order valence-corrected chi connectivity index (χ2v) is 7.51. The topological polar surface area (TPSA) is 55.4 Å². The summed E-state index contributed by atoms with van der Waals surface area (Å²) in [6, 6.07) is 24.4. The summed E-state index contributed by atoms with van der Waals surface area (Å²) in [6.07, 6.45) is 2.84. The van der Waals surface area contributed by atoms with Crippen LogP contribution in [0.15, 0.2) is 94.7 Å².